The zero-order valence-electron chi connectivity index (χ0n) is 9.35. The van der Waals surface area contributed by atoms with E-state index in [-0.39, 0.29) is 6.10 Å². The number of phenols is 1. The van der Waals surface area contributed by atoms with E-state index in [0.29, 0.717) is 5.75 Å². The second-order valence-corrected chi connectivity index (χ2v) is 5.56. The van der Waals surface area contributed by atoms with Crippen LogP contribution >= 0.6 is 15.9 Å². The fraction of sp³-hybridized carbons (Fsp3) is 0.538. The lowest BCUT2D eigenvalue weighted by molar-refractivity contribution is 0.251. The van der Waals surface area contributed by atoms with Crippen LogP contribution in [-0.4, -0.2) is 11.2 Å². The minimum atomic E-state index is 0.235. The molecule has 0 spiro atoms. The number of rotatable bonds is 0. The molecule has 3 rings (SSSR count). The summed E-state index contributed by atoms with van der Waals surface area (Å²) >= 11 is 3.51. The largest absolute Gasteiger partial charge is 0.506 e. The van der Waals surface area contributed by atoms with Crippen molar-refractivity contribution >= 4 is 15.9 Å². The second-order valence-electron chi connectivity index (χ2n) is 4.77. The Kier molecular flexibility index (Phi) is 2.39. The third kappa shape index (κ3) is 1.37. The van der Waals surface area contributed by atoms with Gasteiger partial charge in [0.25, 0.3) is 0 Å². The Labute approximate surface area is 104 Å². The maximum absolute atomic E-state index is 10.2. The molecule has 1 aromatic rings. The van der Waals surface area contributed by atoms with Crippen molar-refractivity contribution in [1.82, 2.24) is 0 Å². The molecule has 16 heavy (non-hydrogen) atoms. The van der Waals surface area contributed by atoms with Crippen molar-refractivity contribution in [3.8, 4) is 11.5 Å². The Morgan fingerprint density at radius 1 is 1.19 bits per heavy atom. The number of phenolic OH excluding ortho intramolecular Hbond substituents is 1. The van der Waals surface area contributed by atoms with Crippen LogP contribution in [0.5, 0.6) is 11.5 Å². The minimum Gasteiger partial charge on any atom is -0.506 e. The van der Waals surface area contributed by atoms with Gasteiger partial charge in [-0.05, 0) is 48.5 Å². The van der Waals surface area contributed by atoms with E-state index >= 15 is 0 Å². The Morgan fingerprint density at radius 3 is 2.62 bits per heavy atom. The molecule has 0 fully saturated rings. The van der Waals surface area contributed by atoms with Gasteiger partial charge in [-0.3, -0.25) is 0 Å². The Morgan fingerprint density at radius 2 is 1.88 bits per heavy atom. The minimum absolute atomic E-state index is 0.235. The predicted octanol–water partition coefficient (Wildman–Crippen LogP) is 3.36. The first-order chi connectivity index (χ1) is 7.68. The molecule has 0 bridgehead atoms. The summed E-state index contributed by atoms with van der Waals surface area (Å²) in [4.78, 5) is 0. The Balaban J connectivity index is 2.25. The molecule has 1 aromatic carbocycles. The number of halogens is 1. The Hall–Kier alpha value is -0.700. The fourth-order valence-corrected chi connectivity index (χ4v) is 3.41. The van der Waals surface area contributed by atoms with Gasteiger partial charge < -0.3 is 9.84 Å². The summed E-state index contributed by atoms with van der Waals surface area (Å²) in [6, 6.07) is 0. The highest BCUT2D eigenvalue weighted by Gasteiger charge is 2.30. The van der Waals surface area contributed by atoms with Crippen LogP contribution in [0.4, 0.5) is 0 Å². The highest BCUT2D eigenvalue weighted by molar-refractivity contribution is 9.10. The van der Waals surface area contributed by atoms with Gasteiger partial charge in [0.2, 0.25) is 0 Å². The lowest BCUT2D eigenvalue weighted by atomic mass is 9.88. The summed E-state index contributed by atoms with van der Waals surface area (Å²) in [7, 11) is 0. The number of benzene rings is 1. The molecule has 0 aromatic heterocycles. The topological polar surface area (TPSA) is 29.5 Å². The third-order valence-electron chi connectivity index (χ3n) is 3.59. The van der Waals surface area contributed by atoms with Gasteiger partial charge in [0.1, 0.15) is 17.6 Å². The SMILES string of the molecule is CC1Cc2c(Br)c(O)c3c(c2O1)CCCC3. The van der Waals surface area contributed by atoms with Gasteiger partial charge in [-0.2, -0.15) is 0 Å². The normalized spacial score (nSPS) is 22.5. The van der Waals surface area contributed by atoms with Gasteiger partial charge >= 0.3 is 0 Å². The lowest BCUT2D eigenvalue weighted by Gasteiger charge is -2.21. The smallest absolute Gasteiger partial charge is 0.133 e. The molecule has 0 saturated carbocycles. The van der Waals surface area contributed by atoms with E-state index in [9.17, 15) is 5.11 Å². The summed E-state index contributed by atoms with van der Waals surface area (Å²) in [5.74, 6) is 1.50. The van der Waals surface area contributed by atoms with Gasteiger partial charge in [-0.25, -0.2) is 0 Å². The molecule has 3 heteroatoms. The van der Waals surface area contributed by atoms with E-state index in [1.165, 1.54) is 18.4 Å². The van der Waals surface area contributed by atoms with E-state index in [2.05, 4.69) is 22.9 Å². The number of hydrogen-bond acceptors (Lipinski definition) is 2. The van der Waals surface area contributed by atoms with Gasteiger partial charge in [-0.15, -0.1) is 0 Å². The highest BCUT2D eigenvalue weighted by atomic mass is 79.9. The molecule has 2 nitrogen and oxygen atoms in total. The standard InChI is InChI=1S/C13H15BrO2/c1-7-6-10-11(14)12(15)8-4-2-3-5-9(8)13(10)16-7/h7,15H,2-6H2,1H3. The quantitative estimate of drug-likeness (QED) is 0.791. The average Bonchev–Trinajstić information content (AvgIpc) is 2.68. The van der Waals surface area contributed by atoms with E-state index in [1.807, 2.05) is 0 Å². The zero-order valence-corrected chi connectivity index (χ0v) is 10.9. The van der Waals surface area contributed by atoms with Crippen LogP contribution in [0.25, 0.3) is 0 Å². The summed E-state index contributed by atoms with van der Waals surface area (Å²) in [6.07, 6.45) is 5.53. The summed E-state index contributed by atoms with van der Waals surface area (Å²) in [5.41, 5.74) is 3.52. The van der Waals surface area contributed by atoms with Crippen molar-refractivity contribution in [2.24, 2.45) is 0 Å². The van der Waals surface area contributed by atoms with Gasteiger partial charge in [0.05, 0.1) is 4.47 Å². The van der Waals surface area contributed by atoms with E-state index in [4.69, 9.17) is 4.74 Å². The third-order valence-corrected chi connectivity index (χ3v) is 4.44. The number of ether oxygens (including phenoxy) is 1. The van der Waals surface area contributed by atoms with Crippen molar-refractivity contribution < 1.29 is 9.84 Å². The first-order valence-electron chi connectivity index (χ1n) is 5.90. The molecule has 86 valence electrons. The second kappa shape index (κ2) is 3.66. The van der Waals surface area contributed by atoms with Gasteiger partial charge in [-0.1, -0.05) is 0 Å². The number of hydrogen-bond donors (Lipinski definition) is 1. The number of aromatic hydroxyl groups is 1. The monoisotopic (exact) mass is 282 g/mol. The van der Waals surface area contributed by atoms with Crippen molar-refractivity contribution in [1.29, 1.82) is 0 Å². The molecular formula is C13H15BrO2. The van der Waals surface area contributed by atoms with Gasteiger partial charge in [0.15, 0.2) is 0 Å². The average molecular weight is 283 g/mol. The van der Waals surface area contributed by atoms with Crippen LogP contribution in [0.3, 0.4) is 0 Å². The molecule has 0 saturated heterocycles. The van der Waals surface area contributed by atoms with E-state index in [0.717, 1.165) is 40.6 Å². The molecule has 0 amide bonds. The first-order valence-corrected chi connectivity index (χ1v) is 6.69. The molecule has 0 radical (unpaired) electrons. The lowest BCUT2D eigenvalue weighted by Crippen LogP contribution is -2.08. The first kappa shape index (κ1) is 10.5. The van der Waals surface area contributed by atoms with Crippen LogP contribution in [0, 0.1) is 0 Å². The van der Waals surface area contributed by atoms with Crippen molar-refractivity contribution in [3.05, 3.63) is 21.2 Å². The maximum atomic E-state index is 10.2. The molecular weight excluding hydrogens is 268 g/mol. The van der Waals surface area contributed by atoms with Crippen molar-refractivity contribution in [3.63, 3.8) is 0 Å². The molecule has 1 heterocycles. The molecule has 1 aliphatic heterocycles. The zero-order chi connectivity index (χ0) is 11.3. The fourth-order valence-electron chi connectivity index (χ4n) is 2.83. The summed E-state index contributed by atoms with van der Waals surface area (Å²) in [6.45, 7) is 2.08. The van der Waals surface area contributed by atoms with Crippen LogP contribution in [0.2, 0.25) is 0 Å². The van der Waals surface area contributed by atoms with Crippen LogP contribution < -0.4 is 4.74 Å². The Bertz CT molecular complexity index is 454. The highest BCUT2D eigenvalue weighted by Crippen LogP contribution is 2.47. The molecule has 1 atom stereocenters. The van der Waals surface area contributed by atoms with Crippen molar-refractivity contribution in [2.45, 2.75) is 45.1 Å². The maximum Gasteiger partial charge on any atom is 0.133 e. The molecule has 1 aliphatic carbocycles. The van der Waals surface area contributed by atoms with Crippen molar-refractivity contribution in [2.75, 3.05) is 0 Å². The van der Waals surface area contributed by atoms with E-state index in [1.54, 1.807) is 0 Å². The molecule has 1 N–H and O–H groups in total. The van der Waals surface area contributed by atoms with Crippen LogP contribution in [0.15, 0.2) is 4.47 Å². The molecule has 2 aliphatic rings. The predicted molar refractivity (Wildman–Crippen MR) is 66.2 cm³/mol. The molecule has 1 unspecified atom stereocenters. The van der Waals surface area contributed by atoms with Crippen LogP contribution in [0.1, 0.15) is 36.5 Å². The number of fused-ring (bicyclic) bond motifs is 3. The van der Waals surface area contributed by atoms with E-state index < -0.39 is 0 Å². The summed E-state index contributed by atoms with van der Waals surface area (Å²) < 4.78 is 6.75. The van der Waals surface area contributed by atoms with Crippen LogP contribution in [-0.2, 0) is 19.3 Å². The van der Waals surface area contributed by atoms with Gasteiger partial charge in [0, 0.05) is 23.1 Å². The summed E-state index contributed by atoms with van der Waals surface area (Å²) in [5, 5.41) is 10.2.